The summed E-state index contributed by atoms with van der Waals surface area (Å²) in [7, 11) is 0. The highest BCUT2D eigenvalue weighted by molar-refractivity contribution is 6.31. The number of ether oxygens (including phenoxy) is 2. The van der Waals surface area contributed by atoms with Gasteiger partial charge >= 0.3 is 0 Å². The van der Waals surface area contributed by atoms with Gasteiger partial charge in [0.1, 0.15) is 6.61 Å². The van der Waals surface area contributed by atoms with Crippen LogP contribution in [0.1, 0.15) is 29.2 Å². The Hall–Kier alpha value is -2.49. The number of hydrogen-bond acceptors (Lipinski definition) is 3. The van der Waals surface area contributed by atoms with Gasteiger partial charge < -0.3 is 14.8 Å². The molecule has 3 aromatic rings. The second-order valence-corrected chi connectivity index (χ2v) is 7.05. The predicted octanol–water partition coefficient (Wildman–Crippen LogP) is 5.92. The van der Waals surface area contributed by atoms with Gasteiger partial charge in [0.2, 0.25) is 0 Å². The fraction of sp³-hybridized carbons (Fsp3) is 0.250. The summed E-state index contributed by atoms with van der Waals surface area (Å²) < 4.78 is 12.0. The maximum atomic E-state index is 6.25. The summed E-state index contributed by atoms with van der Waals surface area (Å²) in [5.74, 6) is 1.56. The molecule has 0 radical (unpaired) electrons. The Bertz CT molecular complexity index is 893. The fourth-order valence-corrected chi connectivity index (χ4v) is 3.15. The first-order valence-electron chi connectivity index (χ1n) is 9.54. The molecule has 0 fully saturated rings. The van der Waals surface area contributed by atoms with Gasteiger partial charge in [-0.25, -0.2) is 0 Å². The van der Waals surface area contributed by atoms with E-state index in [4.69, 9.17) is 21.1 Å². The van der Waals surface area contributed by atoms with Crippen LogP contribution in [-0.4, -0.2) is 6.61 Å². The molecule has 3 nitrogen and oxygen atoms in total. The number of rotatable bonds is 9. The van der Waals surface area contributed by atoms with Gasteiger partial charge in [-0.05, 0) is 37.1 Å². The molecule has 0 aromatic heterocycles. The molecular formula is C24H26ClNO2. The van der Waals surface area contributed by atoms with E-state index in [2.05, 4.69) is 42.6 Å². The Morgan fingerprint density at radius 3 is 2.29 bits per heavy atom. The zero-order valence-electron chi connectivity index (χ0n) is 16.4. The normalized spacial score (nSPS) is 10.7. The molecule has 0 atom stereocenters. The molecule has 1 N–H and O–H groups in total. The largest absolute Gasteiger partial charge is 0.490 e. The average molecular weight is 396 g/mol. The molecule has 0 spiro atoms. The van der Waals surface area contributed by atoms with Crippen molar-refractivity contribution in [1.29, 1.82) is 0 Å². The number of para-hydroxylation sites is 1. The van der Waals surface area contributed by atoms with E-state index in [1.54, 1.807) is 0 Å². The third-order valence-electron chi connectivity index (χ3n) is 4.45. The smallest absolute Gasteiger partial charge is 0.166 e. The summed E-state index contributed by atoms with van der Waals surface area (Å²) in [6.07, 6.45) is 0. The molecule has 3 rings (SSSR count). The maximum absolute atomic E-state index is 6.25. The second kappa shape index (κ2) is 10.2. The van der Waals surface area contributed by atoms with Crippen LogP contribution in [0.5, 0.6) is 11.5 Å². The minimum absolute atomic E-state index is 0.502. The summed E-state index contributed by atoms with van der Waals surface area (Å²) in [6.45, 7) is 6.51. The van der Waals surface area contributed by atoms with Crippen molar-refractivity contribution in [2.75, 3.05) is 6.61 Å². The third kappa shape index (κ3) is 5.51. The molecule has 0 unspecified atom stereocenters. The van der Waals surface area contributed by atoms with E-state index >= 15 is 0 Å². The molecule has 3 aromatic carbocycles. The molecule has 0 aliphatic rings. The lowest BCUT2D eigenvalue weighted by Crippen LogP contribution is -2.14. The van der Waals surface area contributed by atoms with E-state index in [0.29, 0.717) is 26.3 Å². The van der Waals surface area contributed by atoms with Crippen LogP contribution in [0.3, 0.4) is 0 Å². The predicted molar refractivity (Wildman–Crippen MR) is 115 cm³/mol. The minimum Gasteiger partial charge on any atom is -0.490 e. The quantitative estimate of drug-likeness (QED) is 0.488. The van der Waals surface area contributed by atoms with Gasteiger partial charge in [0.05, 0.1) is 6.61 Å². The van der Waals surface area contributed by atoms with E-state index in [1.807, 2.05) is 43.3 Å². The highest BCUT2D eigenvalue weighted by Crippen LogP contribution is 2.32. The molecule has 0 saturated heterocycles. The summed E-state index contributed by atoms with van der Waals surface area (Å²) in [5.41, 5.74) is 4.51. The second-order valence-electron chi connectivity index (χ2n) is 6.65. The van der Waals surface area contributed by atoms with E-state index in [0.717, 1.165) is 33.2 Å². The fourth-order valence-electron chi connectivity index (χ4n) is 2.95. The maximum Gasteiger partial charge on any atom is 0.166 e. The van der Waals surface area contributed by atoms with Crippen molar-refractivity contribution in [2.24, 2.45) is 0 Å². The lowest BCUT2D eigenvalue weighted by atomic mass is 10.1. The summed E-state index contributed by atoms with van der Waals surface area (Å²) >= 11 is 6.25. The van der Waals surface area contributed by atoms with Crippen LogP contribution in [0, 0.1) is 6.92 Å². The van der Waals surface area contributed by atoms with Gasteiger partial charge in [-0.2, -0.15) is 0 Å². The van der Waals surface area contributed by atoms with Gasteiger partial charge in [-0.1, -0.05) is 71.8 Å². The number of hydrogen-bond donors (Lipinski definition) is 1. The van der Waals surface area contributed by atoms with Crippen LogP contribution in [0.25, 0.3) is 0 Å². The standard InChI is InChI=1S/C24H26ClNO2/c1-3-27-23-10-6-8-21(16-26-15-20-7-4-5-9-22(20)25)24(23)28-17-19-13-11-18(2)12-14-19/h4-14,26H,3,15-17H2,1-2H3. The van der Waals surface area contributed by atoms with Gasteiger partial charge in [0.15, 0.2) is 11.5 Å². The Balaban J connectivity index is 1.71. The van der Waals surface area contributed by atoms with Crippen molar-refractivity contribution in [3.8, 4) is 11.5 Å². The zero-order chi connectivity index (χ0) is 19.8. The van der Waals surface area contributed by atoms with Gasteiger partial charge in [0.25, 0.3) is 0 Å². The summed E-state index contributed by atoms with van der Waals surface area (Å²) in [6, 6.07) is 22.3. The molecule has 0 bridgehead atoms. The molecular weight excluding hydrogens is 370 g/mol. The van der Waals surface area contributed by atoms with E-state index in [-0.39, 0.29) is 0 Å². The number of benzene rings is 3. The van der Waals surface area contributed by atoms with E-state index in [1.165, 1.54) is 5.56 Å². The SMILES string of the molecule is CCOc1cccc(CNCc2ccccc2Cl)c1OCc1ccc(C)cc1. The number of nitrogens with one attached hydrogen (secondary N) is 1. The molecule has 0 amide bonds. The topological polar surface area (TPSA) is 30.5 Å². The Morgan fingerprint density at radius 2 is 1.54 bits per heavy atom. The monoisotopic (exact) mass is 395 g/mol. The number of aryl methyl sites for hydroxylation is 1. The van der Waals surface area contributed by atoms with Crippen molar-refractivity contribution in [3.05, 3.63) is 94.0 Å². The zero-order valence-corrected chi connectivity index (χ0v) is 17.1. The van der Waals surface area contributed by atoms with Crippen molar-refractivity contribution in [2.45, 2.75) is 33.5 Å². The third-order valence-corrected chi connectivity index (χ3v) is 4.82. The highest BCUT2D eigenvalue weighted by Gasteiger charge is 2.12. The van der Waals surface area contributed by atoms with Gasteiger partial charge in [0, 0.05) is 23.7 Å². The summed E-state index contributed by atoms with van der Waals surface area (Å²) in [5, 5.41) is 4.23. The van der Waals surface area contributed by atoms with Crippen molar-refractivity contribution in [3.63, 3.8) is 0 Å². The average Bonchev–Trinajstić information content (AvgIpc) is 2.70. The lowest BCUT2D eigenvalue weighted by molar-refractivity contribution is 0.266. The Morgan fingerprint density at radius 1 is 0.821 bits per heavy atom. The molecule has 146 valence electrons. The van der Waals surface area contributed by atoms with Crippen molar-refractivity contribution in [1.82, 2.24) is 5.32 Å². The Kier molecular flexibility index (Phi) is 7.35. The van der Waals surface area contributed by atoms with E-state index < -0.39 is 0 Å². The molecule has 0 aliphatic heterocycles. The molecule has 0 heterocycles. The lowest BCUT2D eigenvalue weighted by Gasteiger charge is -2.17. The number of halogens is 1. The highest BCUT2D eigenvalue weighted by atomic mass is 35.5. The van der Waals surface area contributed by atoms with Gasteiger partial charge in [-0.15, -0.1) is 0 Å². The molecule has 0 saturated carbocycles. The van der Waals surface area contributed by atoms with Crippen LogP contribution in [0.4, 0.5) is 0 Å². The molecule has 0 aliphatic carbocycles. The molecule has 28 heavy (non-hydrogen) atoms. The van der Waals surface area contributed by atoms with Crippen LogP contribution in [0.15, 0.2) is 66.7 Å². The minimum atomic E-state index is 0.502. The van der Waals surface area contributed by atoms with Crippen molar-refractivity contribution >= 4 is 11.6 Å². The van der Waals surface area contributed by atoms with Crippen LogP contribution in [0.2, 0.25) is 5.02 Å². The van der Waals surface area contributed by atoms with E-state index in [9.17, 15) is 0 Å². The van der Waals surface area contributed by atoms with Crippen molar-refractivity contribution < 1.29 is 9.47 Å². The molecule has 4 heteroatoms. The van der Waals surface area contributed by atoms with Crippen LogP contribution < -0.4 is 14.8 Å². The van der Waals surface area contributed by atoms with Gasteiger partial charge in [-0.3, -0.25) is 0 Å². The van der Waals surface area contributed by atoms with Crippen LogP contribution in [-0.2, 0) is 19.7 Å². The summed E-state index contributed by atoms with van der Waals surface area (Å²) in [4.78, 5) is 0. The Labute approximate surface area is 172 Å². The first-order chi connectivity index (χ1) is 13.7. The first-order valence-corrected chi connectivity index (χ1v) is 9.92. The first kappa shape index (κ1) is 20.2. The van der Waals surface area contributed by atoms with Crippen LogP contribution >= 0.6 is 11.6 Å².